The van der Waals surface area contributed by atoms with E-state index in [1.54, 1.807) is 0 Å². The van der Waals surface area contributed by atoms with Crippen LogP contribution in [0.4, 0.5) is 0 Å². The molecule has 0 fully saturated rings. The van der Waals surface area contributed by atoms with E-state index in [4.69, 9.17) is 14.2 Å². The lowest BCUT2D eigenvalue weighted by molar-refractivity contribution is -0.167. The molecule has 1 unspecified atom stereocenters. The summed E-state index contributed by atoms with van der Waals surface area (Å²) in [6.07, 6.45) is 60.7. The van der Waals surface area contributed by atoms with Crippen molar-refractivity contribution in [2.24, 2.45) is 0 Å². The lowest BCUT2D eigenvalue weighted by Crippen LogP contribution is -2.30. The molecule has 58 heavy (non-hydrogen) atoms. The van der Waals surface area contributed by atoms with Gasteiger partial charge in [0.2, 0.25) is 0 Å². The van der Waals surface area contributed by atoms with Gasteiger partial charge in [0.25, 0.3) is 0 Å². The fourth-order valence-electron chi connectivity index (χ4n) is 5.75. The molecule has 0 amide bonds. The zero-order chi connectivity index (χ0) is 42.3. The molecule has 0 aliphatic heterocycles. The Morgan fingerprint density at radius 3 is 1.10 bits per heavy atom. The van der Waals surface area contributed by atoms with Crippen molar-refractivity contribution in [1.29, 1.82) is 0 Å². The number of hydrogen-bond acceptors (Lipinski definition) is 6. The number of allylic oxidation sites excluding steroid dienone is 18. The molecule has 0 N–H and O–H groups in total. The number of ether oxygens (including phenoxy) is 3. The standard InChI is InChI=1S/C52H82O6/c1-4-7-10-13-16-19-22-25-28-30-33-36-39-42-45-51(54)57-48-49(58-52(55)46-43-40-37-34-31-27-24-21-18-15-12-9-6-3)47-56-50(53)44-41-38-35-32-29-26-23-20-17-14-11-8-5-2/h8-9,11-12,14-15,17-18,20-21,23-24,26-31,49H,4-7,10,13,16,19,22,25,32-48H2,1-3H3/b11-8-,12-9-,17-14-,18-15-,23-20-,24-21-,29-26-,30-28-,31-27-. The van der Waals surface area contributed by atoms with Crippen LogP contribution in [0, 0.1) is 0 Å². The molecule has 1 atom stereocenters. The minimum absolute atomic E-state index is 0.117. The summed E-state index contributed by atoms with van der Waals surface area (Å²) in [4.78, 5) is 37.8. The second kappa shape index (κ2) is 45.8. The normalized spacial score (nSPS) is 13.1. The van der Waals surface area contributed by atoms with Gasteiger partial charge in [-0.15, -0.1) is 0 Å². The predicted molar refractivity (Wildman–Crippen MR) is 247 cm³/mol. The Balaban J connectivity index is 4.56. The van der Waals surface area contributed by atoms with E-state index < -0.39 is 6.10 Å². The van der Waals surface area contributed by atoms with Crippen molar-refractivity contribution in [2.75, 3.05) is 13.2 Å². The SMILES string of the molecule is CC\C=C/C=C\C=C/C=C\CCCCCC(=O)OCC(COC(=O)CCCCC/C=C\CCCCCCCCC)OC(=O)CCCCC\C=C/C=C\C=C/C=C\CC. The van der Waals surface area contributed by atoms with Crippen molar-refractivity contribution in [3.8, 4) is 0 Å². The van der Waals surface area contributed by atoms with Gasteiger partial charge in [0.05, 0.1) is 0 Å². The highest BCUT2D eigenvalue weighted by atomic mass is 16.6. The molecule has 0 rings (SSSR count). The van der Waals surface area contributed by atoms with Gasteiger partial charge in [-0.1, -0.05) is 188 Å². The third kappa shape index (κ3) is 43.2. The first-order valence-electron chi connectivity index (χ1n) is 23.0. The predicted octanol–water partition coefficient (Wildman–Crippen LogP) is 14.8. The van der Waals surface area contributed by atoms with Crippen LogP contribution in [0.1, 0.15) is 181 Å². The quantitative estimate of drug-likeness (QED) is 0.0202. The number of hydrogen-bond donors (Lipinski definition) is 0. The van der Waals surface area contributed by atoms with E-state index in [-0.39, 0.29) is 37.5 Å². The minimum atomic E-state index is -0.821. The maximum absolute atomic E-state index is 12.7. The van der Waals surface area contributed by atoms with E-state index in [0.29, 0.717) is 19.3 Å². The van der Waals surface area contributed by atoms with Gasteiger partial charge in [-0.3, -0.25) is 14.4 Å². The van der Waals surface area contributed by atoms with Gasteiger partial charge in [0.1, 0.15) is 13.2 Å². The molecular formula is C52H82O6. The third-order valence-corrected chi connectivity index (χ3v) is 9.18. The van der Waals surface area contributed by atoms with Gasteiger partial charge < -0.3 is 14.2 Å². The highest BCUT2D eigenvalue weighted by Gasteiger charge is 2.19. The maximum Gasteiger partial charge on any atom is 0.306 e. The molecular weight excluding hydrogens is 721 g/mol. The monoisotopic (exact) mass is 803 g/mol. The fourth-order valence-corrected chi connectivity index (χ4v) is 5.75. The van der Waals surface area contributed by atoms with E-state index in [9.17, 15) is 14.4 Å². The molecule has 0 aliphatic carbocycles. The first kappa shape index (κ1) is 54.1. The molecule has 0 aromatic heterocycles. The number of unbranched alkanes of at least 4 members (excludes halogenated alkanes) is 16. The van der Waals surface area contributed by atoms with Gasteiger partial charge in [0, 0.05) is 19.3 Å². The minimum Gasteiger partial charge on any atom is -0.462 e. The van der Waals surface area contributed by atoms with Gasteiger partial charge in [-0.05, 0) is 83.5 Å². The molecule has 0 aliphatic rings. The van der Waals surface area contributed by atoms with E-state index in [1.165, 1.54) is 44.9 Å². The van der Waals surface area contributed by atoms with Crippen molar-refractivity contribution < 1.29 is 28.6 Å². The van der Waals surface area contributed by atoms with Crippen LogP contribution in [-0.4, -0.2) is 37.2 Å². The maximum atomic E-state index is 12.7. The Morgan fingerprint density at radius 2 is 0.690 bits per heavy atom. The first-order valence-corrected chi connectivity index (χ1v) is 23.0. The van der Waals surface area contributed by atoms with Crippen molar-refractivity contribution in [3.05, 3.63) is 109 Å². The highest BCUT2D eigenvalue weighted by Crippen LogP contribution is 2.12. The Bertz CT molecular complexity index is 1240. The van der Waals surface area contributed by atoms with Gasteiger partial charge >= 0.3 is 17.9 Å². The number of carbonyl (C=O) groups excluding carboxylic acids is 3. The third-order valence-electron chi connectivity index (χ3n) is 9.18. The van der Waals surface area contributed by atoms with Crippen LogP contribution in [0.2, 0.25) is 0 Å². The van der Waals surface area contributed by atoms with Crippen LogP contribution in [0.5, 0.6) is 0 Å². The first-order chi connectivity index (χ1) is 28.5. The second-order valence-corrected chi connectivity index (χ2v) is 14.7. The van der Waals surface area contributed by atoms with E-state index in [1.807, 2.05) is 72.9 Å². The van der Waals surface area contributed by atoms with E-state index in [2.05, 4.69) is 57.2 Å². The summed E-state index contributed by atoms with van der Waals surface area (Å²) in [5.74, 6) is -1.02. The molecule has 6 nitrogen and oxygen atoms in total. The zero-order valence-corrected chi connectivity index (χ0v) is 37.0. The van der Waals surface area contributed by atoms with Gasteiger partial charge in [-0.25, -0.2) is 0 Å². The molecule has 0 radical (unpaired) electrons. The second-order valence-electron chi connectivity index (χ2n) is 14.7. The average molecular weight is 803 g/mol. The molecule has 0 spiro atoms. The summed E-state index contributed by atoms with van der Waals surface area (Å²) in [5.41, 5.74) is 0. The molecule has 0 saturated carbocycles. The average Bonchev–Trinajstić information content (AvgIpc) is 3.22. The summed E-state index contributed by atoms with van der Waals surface area (Å²) >= 11 is 0. The summed E-state index contributed by atoms with van der Waals surface area (Å²) in [5, 5.41) is 0. The van der Waals surface area contributed by atoms with Crippen LogP contribution in [0.25, 0.3) is 0 Å². The zero-order valence-electron chi connectivity index (χ0n) is 37.0. The molecule has 326 valence electrons. The number of carbonyl (C=O) groups is 3. The topological polar surface area (TPSA) is 78.9 Å². The van der Waals surface area contributed by atoms with Crippen molar-refractivity contribution in [1.82, 2.24) is 0 Å². The van der Waals surface area contributed by atoms with Gasteiger partial charge in [-0.2, -0.15) is 0 Å². The molecule has 0 aromatic rings. The van der Waals surface area contributed by atoms with Crippen LogP contribution >= 0.6 is 0 Å². The molecule has 0 heterocycles. The van der Waals surface area contributed by atoms with Crippen molar-refractivity contribution in [2.45, 2.75) is 187 Å². The number of esters is 3. The van der Waals surface area contributed by atoms with E-state index in [0.717, 1.165) is 89.9 Å². The molecule has 6 heteroatoms. The smallest absolute Gasteiger partial charge is 0.306 e. The molecule has 0 aromatic carbocycles. The summed E-state index contributed by atoms with van der Waals surface area (Å²) in [6.45, 7) is 6.24. The molecule has 0 saturated heterocycles. The summed E-state index contributed by atoms with van der Waals surface area (Å²) in [6, 6.07) is 0. The van der Waals surface area contributed by atoms with Crippen molar-refractivity contribution in [3.63, 3.8) is 0 Å². The summed E-state index contributed by atoms with van der Waals surface area (Å²) in [7, 11) is 0. The summed E-state index contributed by atoms with van der Waals surface area (Å²) < 4.78 is 16.6. The van der Waals surface area contributed by atoms with Crippen LogP contribution in [0.15, 0.2) is 109 Å². The van der Waals surface area contributed by atoms with Crippen LogP contribution in [-0.2, 0) is 28.6 Å². The Kier molecular flexibility index (Phi) is 42.7. The van der Waals surface area contributed by atoms with E-state index >= 15 is 0 Å². The fraction of sp³-hybridized carbons (Fsp3) is 0.596. The van der Waals surface area contributed by atoms with Crippen LogP contribution < -0.4 is 0 Å². The Morgan fingerprint density at radius 1 is 0.362 bits per heavy atom. The lowest BCUT2D eigenvalue weighted by Gasteiger charge is -2.18. The van der Waals surface area contributed by atoms with Gasteiger partial charge in [0.15, 0.2) is 6.10 Å². The number of rotatable bonds is 39. The van der Waals surface area contributed by atoms with Crippen LogP contribution in [0.3, 0.4) is 0 Å². The molecule has 0 bridgehead atoms. The largest absolute Gasteiger partial charge is 0.462 e. The highest BCUT2D eigenvalue weighted by molar-refractivity contribution is 5.71. The lowest BCUT2D eigenvalue weighted by atomic mass is 10.1. The Labute approximate surface area is 355 Å². The Hall–Kier alpha value is -3.93. The van der Waals surface area contributed by atoms with Crippen molar-refractivity contribution >= 4 is 17.9 Å².